The number of benzene rings is 2. The molecule has 1 aromatic heterocycles. The maximum Gasteiger partial charge on any atom is 0.336 e. The summed E-state index contributed by atoms with van der Waals surface area (Å²) in [6.45, 7) is 0. The Kier molecular flexibility index (Phi) is 2.76. The predicted octanol–water partition coefficient (Wildman–Crippen LogP) is 4.45. The Labute approximate surface area is 114 Å². The van der Waals surface area contributed by atoms with Gasteiger partial charge in [0.15, 0.2) is 0 Å². The molecule has 0 fully saturated rings. The molecule has 94 valence electrons. The Morgan fingerprint density at radius 3 is 2.63 bits per heavy atom. The van der Waals surface area contributed by atoms with Gasteiger partial charge in [-0.05, 0) is 30.3 Å². The Morgan fingerprint density at radius 1 is 1.11 bits per heavy atom. The molecule has 19 heavy (non-hydrogen) atoms. The predicted molar refractivity (Wildman–Crippen MR) is 73.6 cm³/mol. The van der Waals surface area contributed by atoms with Crippen LogP contribution in [0.5, 0.6) is 0 Å². The fraction of sp³-hybridized carbons (Fsp3) is 0. The summed E-state index contributed by atoms with van der Waals surface area (Å²) in [6, 6.07) is 14.0. The lowest BCUT2D eigenvalue weighted by molar-refractivity contribution is 0.0697. The zero-order valence-electron chi connectivity index (χ0n) is 9.76. The highest BCUT2D eigenvalue weighted by Gasteiger charge is 2.15. The standard InChI is InChI=1S/C15H9ClO3/c16-10-5-6-11(15(17)18)12(8-10)14-7-9-3-1-2-4-13(9)19-14/h1-8H,(H,17,18). The zero-order chi connectivity index (χ0) is 13.4. The second kappa shape index (κ2) is 4.44. The Morgan fingerprint density at radius 2 is 1.89 bits per heavy atom. The number of furan rings is 1. The van der Waals surface area contributed by atoms with Gasteiger partial charge in [-0.2, -0.15) is 0 Å². The van der Waals surface area contributed by atoms with Crippen LogP contribution in [0.15, 0.2) is 52.9 Å². The molecule has 0 saturated carbocycles. The zero-order valence-corrected chi connectivity index (χ0v) is 10.5. The Bertz CT molecular complexity index is 741. The van der Waals surface area contributed by atoms with Crippen molar-refractivity contribution in [2.24, 2.45) is 0 Å². The highest BCUT2D eigenvalue weighted by Crippen LogP contribution is 2.31. The summed E-state index contributed by atoms with van der Waals surface area (Å²) in [4.78, 5) is 11.2. The van der Waals surface area contributed by atoms with Crippen molar-refractivity contribution in [3.8, 4) is 11.3 Å². The first-order valence-electron chi connectivity index (χ1n) is 5.67. The third-order valence-corrected chi connectivity index (χ3v) is 3.14. The van der Waals surface area contributed by atoms with Gasteiger partial charge in [-0.1, -0.05) is 29.8 Å². The SMILES string of the molecule is O=C(O)c1ccc(Cl)cc1-c1cc2ccccc2o1. The number of para-hydroxylation sites is 1. The molecule has 0 aliphatic heterocycles. The van der Waals surface area contributed by atoms with Crippen molar-refractivity contribution in [2.45, 2.75) is 0 Å². The summed E-state index contributed by atoms with van der Waals surface area (Å²) in [6.07, 6.45) is 0. The van der Waals surface area contributed by atoms with Crippen molar-refractivity contribution in [3.63, 3.8) is 0 Å². The lowest BCUT2D eigenvalue weighted by atomic mass is 10.1. The molecule has 0 saturated heterocycles. The van der Waals surface area contributed by atoms with E-state index in [4.69, 9.17) is 16.0 Å². The van der Waals surface area contributed by atoms with Crippen LogP contribution in [-0.2, 0) is 0 Å². The molecule has 3 rings (SSSR count). The number of rotatable bonds is 2. The van der Waals surface area contributed by atoms with Gasteiger partial charge >= 0.3 is 5.97 Å². The van der Waals surface area contributed by atoms with Crippen LogP contribution >= 0.6 is 11.6 Å². The molecule has 0 bridgehead atoms. The van der Waals surface area contributed by atoms with Crippen LogP contribution in [0.25, 0.3) is 22.3 Å². The summed E-state index contributed by atoms with van der Waals surface area (Å²) < 4.78 is 5.68. The fourth-order valence-electron chi connectivity index (χ4n) is 2.02. The van der Waals surface area contributed by atoms with E-state index in [0.29, 0.717) is 21.9 Å². The van der Waals surface area contributed by atoms with E-state index in [9.17, 15) is 9.90 Å². The molecular formula is C15H9ClO3. The Hall–Kier alpha value is -2.26. The van der Waals surface area contributed by atoms with Crippen LogP contribution in [0.4, 0.5) is 0 Å². The van der Waals surface area contributed by atoms with E-state index in [1.54, 1.807) is 12.1 Å². The minimum atomic E-state index is -1.01. The molecule has 2 aromatic carbocycles. The molecule has 4 heteroatoms. The summed E-state index contributed by atoms with van der Waals surface area (Å²) in [5, 5.41) is 10.6. The minimum Gasteiger partial charge on any atom is -0.478 e. The lowest BCUT2D eigenvalue weighted by Crippen LogP contribution is -1.98. The maximum atomic E-state index is 11.2. The van der Waals surface area contributed by atoms with Crippen molar-refractivity contribution >= 4 is 28.5 Å². The number of fused-ring (bicyclic) bond motifs is 1. The number of aromatic carboxylic acids is 1. The summed E-state index contributed by atoms with van der Waals surface area (Å²) in [5.74, 6) is -0.506. The van der Waals surface area contributed by atoms with E-state index < -0.39 is 5.97 Å². The first kappa shape index (κ1) is 11.8. The number of hydrogen-bond acceptors (Lipinski definition) is 2. The van der Waals surface area contributed by atoms with Gasteiger partial charge in [-0.15, -0.1) is 0 Å². The molecule has 0 atom stereocenters. The van der Waals surface area contributed by atoms with Crippen LogP contribution in [0.2, 0.25) is 5.02 Å². The van der Waals surface area contributed by atoms with Gasteiger partial charge in [0, 0.05) is 16.0 Å². The average Bonchev–Trinajstić information content (AvgIpc) is 2.81. The van der Waals surface area contributed by atoms with Gasteiger partial charge in [0.1, 0.15) is 11.3 Å². The van der Waals surface area contributed by atoms with E-state index in [2.05, 4.69) is 0 Å². The van der Waals surface area contributed by atoms with Crippen LogP contribution < -0.4 is 0 Å². The van der Waals surface area contributed by atoms with Crippen molar-refractivity contribution < 1.29 is 14.3 Å². The van der Waals surface area contributed by atoms with Crippen molar-refractivity contribution in [3.05, 3.63) is 59.1 Å². The van der Waals surface area contributed by atoms with E-state index >= 15 is 0 Å². The van der Waals surface area contributed by atoms with E-state index in [-0.39, 0.29) is 5.56 Å². The Balaban J connectivity index is 2.25. The summed E-state index contributed by atoms with van der Waals surface area (Å²) in [5.41, 5.74) is 1.37. The quantitative estimate of drug-likeness (QED) is 0.750. The van der Waals surface area contributed by atoms with Crippen LogP contribution in [0, 0.1) is 0 Å². The first-order valence-corrected chi connectivity index (χ1v) is 6.05. The molecule has 0 amide bonds. The highest BCUT2D eigenvalue weighted by molar-refractivity contribution is 6.31. The van der Waals surface area contributed by atoms with Gasteiger partial charge in [-0.25, -0.2) is 4.79 Å². The number of carbonyl (C=O) groups is 1. The average molecular weight is 273 g/mol. The molecule has 3 aromatic rings. The van der Waals surface area contributed by atoms with Crippen molar-refractivity contribution in [2.75, 3.05) is 0 Å². The molecule has 0 spiro atoms. The summed E-state index contributed by atoms with van der Waals surface area (Å²) in [7, 11) is 0. The highest BCUT2D eigenvalue weighted by atomic mass is 35.5. The monoisotopic (exact) mass is 272 g/mol. The smallest absolute Gasteiger partial charge is 0.336 e. The molecule has 0 unspecified atom stereocenters. The third kappa shape index (κ3) is 2.09. The van der Waals surface area contributed by atoms with Gasteiger partial charge in [0.05, 0.1) is 5.56 Å². The molecule has 0 aliphatic carbocycles. The van der Waals surface area contributed by atoms with E-state index in [1.165, 1.54) is 6.07 Å². The van der Waals surface area contributed by atoms with Gasteiger partial charge in [0.2, 0.25) is 0 Å². The van der Waals surface area contributed by atoms with Gasteiger partial charge < -0.3 is 9.52 Å². The second-order valence-corrected chi connectivity index (χ2v) is 4.58. The fourth-order valence-corrected chi connectivity index (χ4v) is 2.19. The number of carboxylic acids is 1. The molecule has 1 heterocycles. The number of hydrogen-bond donors (Lipinski definition) is 1. The molecule has 1 N–H and O–H groups in total. The number of carboxylic acid groups (broad SMARTS) is 1. The van der Waals surface area contributed by atoms with Gasteiger partial charge in [0.25, 0.3) is 0 Å². The molecule has 0 aliphatic rings. The normalized spacial score (nSPS) is 10.8. The molecule has 0 radical (unpaired) electrons. The first-order chi connectivity index (χ1) is 9.15. The molecular weight excluding hydrogens is 264 g/mol. The van der Waals surface area contributed by atoms with E-state index in [0.717, 1.165) is 5.39 Å². The van der Waals surface area contributed by atoms with Gasteiger partial charge in [-0.3, -0.25) is 0 Å². The third-order valence-electron chi connectivity index (χ3n) is 2.90. The van der Waals surface area contributed by atoms with Crippen molar-refractivity contribution in [1.82, 2.24) is 0 Å². The van der Waals surface area contributed by atoms with Crippen LogP contribution in [0.1, 0.15) is 10.4 Å². The molecule has 3 nitrogen and oxygen atoms in total. The number of halogens is 1. The minimum absolute atomic E-state index is 0.170. The van der Waals surface area contributed by atoms with E-state index in [1.807, 2.05) is 30.3 Å². The lowest BCUT2D eigenvalue weighted by Gasteiger charge is -2.03. The van der Waals surface area contributed by atoms with Crippen molar-refractivity contribution in [1.29, 1.82) is 0 Å². The largest absolute Gasteiger partial charge is 0.478 e. The van der Waals surface area contributed by atoms with Crippen LogP contribution in [-0.4, -0.2) is 11.1 Å². The topological polar surface area (TPSA) is 50.4 Å². The second-order valence-electron chi connectivity index (χ2n) is 4.14. The summed E-state index contributed by atoms with van der Waals surface area (Å²) >= 11 is 5.94. The van der Waals surface area contributed by atoms with Crippen LogP contribution in [0.3, 0.4) is 0 Å². The maximum absolute atomic E-state index is 11.2.